The van der Waals surface area contributed by atoms with Crippen molar-refractivity contribution in [2.75, 3.05) is 18.4 Å². The summed E-state index contributed by atoms with van der Waals surface area (Å²) in [7, 11) is -3.50. The lowest BCUT2D eigenvalue weighted by Gasteiger charge is -1.98. The van der Waals surface area contributed by atoms with Gasteiger partial charge >= 0.3 is 0 Å². The molecule has 2 aromatic rings. The summed E-state index contributed by atoms with van der Waals surface area (Å²) in [6.45, 7) is 4.78. The van der Waals surface area contributed by atoms with E-state index in [2.05, 4.69) is 20.1 Å². The van der Waals surface area contributed by atoms with Crippen LogP contribution < -0.4 is 10.0 Å². The maximum absolute atomic E-state index is 11.7. The first-order valence-corrected chi connectivity index (χ1v) is 7.46. The monoisotopic (exact) mass is 275 g/mol. The summed E-state index contributed by atoms with van der Waals surface area (Å²) >= 11 is 1.31. The van der Waals surface area contributed by atoms with Crippen molar-refractivity contribution in [2.45, 2.75) is 18.9 Å². The standard InChI is InChI=1S/C8H13N5O2S2/c1-3-9-7-12-13-5-6(11-8(13)16-7)17(14,15)10-4-2/h5,10H,3-4H2,1-2H3,(H,9,12). The minimum absolute atomic E-state index is 0.00106. The molecule has 0 aliphatic rings. The summed E-state index contributed by atoms with van der Waals surface area (Å²) in [5.74, 6) is 0. The van der Waals surface area contributed by atoms with Crippen molar-refractivity contribution in [3.8, 4) is 0 Å². The first kappa shape index (κ1) is 12.3. The highest BCUT2D eigenvalue weighted by atomic mass is 32.2. The predicted octanol–water partition coefficient (Wildman–Crippen LogP) is 0.521. The van der Waals surface area contributed by atoms with Crippen molar-refractivity contribution in [2.24, 2.45) is 0 Å². The second kappa shape index (κ2) is 4.59. The van der Waals surface area contributed by atoms with E-state index in [1.165, 1.54) is 22.0 Å². The largest absolute Gasteiger partial charge is 0.360 e. The van der Waals surface area contributed by atoms with Crippen molar-refractivity contribution >= 4 is 31.5 Å². The maximum Gasteiger partial charge on any atom is 0.259 e. The van der Waals surface area contributed by atoms with E-state index < -0.39 is 10.0 Å². The van der Waals surface area contributed by atoms with Crippen LogP contribution in [0.25, 0.3) is 4.96 Å². The molecule has 0 fully saturated rings. The highest BCUT2D eigenvalue weighted by Crippen LogP contribution is 2.20. The Hall–Kier alpha value is -1.19. The molecule has 17 heavy (non-hydrogen) atoms. The molecule has 2 aromatic heterocycles. The van der Waals surface area contributed by atoms with Crippen LogP contribution in [0, 0.1) is 0 Å². The van der Waals surface area contributed by atoms with Gasteiger partial charge in [-0.1, -0.05) is 18.3 Å². The third-order valence-electron chi connectivity index (χ3n) is 1.96. The Balaban J connectivity index is 2.36. The molecule has 2 rings (SSSR count). The van der Waals surface area contributed by atoms with Crippen LogP contribution in [0.2, 0.25) is 0 Å². The highest BCUT2D eigenvalue weighted by Gasteiger charge is 2.18. The van der Waals surface area contributed by atoms with Gasteiger partial charge in [-0.15, -0.1) is 5.10 Å². The van der Waals surface area contributed by atoms with Crippen molar-refractivity contribution in [1.82, 2.24) is 19.3 Å². The van der Waals surface area contributed by atoms with Crippen molar-refractivity contribution < 1.29 is 8.42 Å². The number of aromatic nitrogens is 3. The number of hydrogen-bond donors (Lipinski definition) is 2. The van der Waals surface area contributed by atoms with Crippen molar-refractivity contribution in [1.29, 1.82) is 0 Å². The average molecular weight is 275 g/mol. The number of anilines is 1. The van der Waals surface area contributed by atoms with E-state index >= 15 is 0 Å². The molecule has 0 saturated heterocycles. The van der Waals surface area contributed by atoms with E-state index in [0.29, 0.717) is 11.5 Å². The van der Waals surface area contributed by atoms with Gasteiger partial charge in [0, 0.05) is 13.1 Å². The van der Waals surface area contributed by atoms with E-state index in [1.54, 1.807) is 6.92 Å². The quantitative estimate of drug-likeness (QED) is 0.830. The van der Waals surface area contributed by atoms with Crippen LogP contribution in [0.1, 0.15) is 13.8 Å². The number of nitrogens with zero attached hydrogens (tertiary/aromatic N) is 3. The third kappa shape index (κ3) is 2.40. The van der Waals surface area contributed by atoms with Crippen molar-refractivity contribution in [3.05, 3.63) is 6.20 Å². The number of hydrogen-bond acceptors (Lipinski definition) is 6. The molecular formula is C8H13N5O2S2. The molecular weight excluding hydrogens is 262 g/mol. The lowest BCUT2D eigenvalue weighted by atomic mass is 10.8. The number of fused-ring (bicyclic) bond motifs is 1. The number of sulfonamides is 1. The van der Waals surface area contributed by atoms with Crippen LogP contribution >= 0.6 is 11.3 Å². The van der Waals surface area contributed by atoms with E-state index in [4.69, 9.17) is 0 Å². The molecule has 2 heterocycles. The minimum Gasteiger partial charge on any atom is -0.360 e. The molecule has 0 radical (unpaired) electrons. The summed E-state index contributed by atoms with van der Waals surface area (Å²) < 4.78 is 27.2. The van der Waals surface area contributed by atoms with Gasteiger partial charge in [0.2, 0.25) is 10.1 Å². The molecule has 0 aromatic carbocycles. The molecule has 9 heteroatoms. The smallest absolute Gasteiger partial charge is 0.259 e. The zero-order valence-electron chi connectivity index (χ0n) is 9.47. The first-order chi connectivity index (χ1) is 8.06. The highest BCUT2D eigenvalue weighted by molar-refractivity contribution is 7.89. The minimum atomic E-state index is -3.50. The molecule has 0 aliphatic heterocycles. The molecule has 0 saturated carbocycles. The van der Waals surface area contributed by atoms with E-state index in [0.717, 1.165) is 11.7 Å². The molecule has 0 amide bonds. The number of rotatable bonds is 5. The van der Waals surface area contributed by atoms with Crippen molar-refractivity contribution in [3.63, 3.8) is 0 Å². The molecule has 94 valence electrons. The number of nitrogens with one attached hydrogen (secondary N) is 2. The van der Waals surface area contributed by atoms with Gasteiger partial charge in [0.15, 0.2) is 5.03 Å². The Morgan fingerprint density at radius 1 is 1.41 bits per heavy atom. The van der Waals surface area contributed by atoms with Gasteiger partial charge in [-0.05, 0) is 6.92 Å². The summed E-state index contributed by atoms with van der Waals surface area (Å²) in [4.78, 5) is 4.59. The van der Waals surface area contributed by atoms with Crippen LogP contribution in [-0.4, -0.2) is 36.1 Å². The number of imidazole rings is 1. The second-order valence-corrected chi connectivity index (χ2v) is 5.91. The molecule has 7 nitrogen and oxygen atoms in total. The van der Waals surface area contributed by atoms with Gasteiger partial charge in [0.25, 0.3) is 10.0 Å². The normalized spacial score (nSPS) is 12.1. The molecule has 0 unspecified atom stereocenters. The fourth-order valence-corrected chi connectivity index (χ4v) is 3.18. The molecule has 0 spiro atoms. The Morgan fingerprint density at radius 3 is 2.76 bits per heavy atom. The van der Waals surface area contributed by atoms with Gasteiger partial charge in [0.1, 0.15) is 0 Å². The fraction of sp³-hybridized carbons (Fsp3) is 0.500. The van der Waals surface area contributed by atoms with Gasteiger partial charge < -0.3 is 5.32 Å². The van der Waals surface area contributed by atoms with Gasteiger partial charge in [-0.3, -0.25) is 0 Å². The lowest BCUT2D eigenvalue weighted by molar-refractivity contribution is 0.580. The SMILES string of the molecule is CCNc1nn2cc(S(=O)(=O)NCC)nc2s1. The Morgan fingerprint density at radius 2 is 2.18 bits per heavy atom. The van der Waals surface area contributed by atoms with Gasteiger partial charge in [0.05, 0.1) is 6.20 Å². The Bertz CT molecular complexity index is 583. The molecule has 2 N–H and O–H groups in total. The Labute approximate surface area is 103 Å². The van der Waals surface area contributed by atoms with Gasteiger partial charge in [-0.2, -0.15) is 0 Å². The van der Waals surface area contributed by atoms with Crippen LogP contribution in [-0.2, 0) is 10.0 Å². The third-order valence-corrected chi connectivity index (χ3v) is 4.26. The zero-order valence-corrected chi connectivity index (χ0v) is 11.1. The van der Waals surface area contributed by atoms with E-state index in [1.807, 2.05) is 6.92 Å². The topological polar surface area (TPSA) is 88.4 Å². The van der Waals surface area contributed by atoms with Gasteiger partial charge in [-0.25, -0.2) is 22.6 Å². The summed E-state index contributed by atoms with van der Waals surface area (Å²) in [6.07, 6.45) is 1.41. The molecule has 0 atom stereocenters. The fourth-order valence-electron chi connectivity index (χ4n) is 1.30. The maximum atomic E-state index is 11.7. The average Bonchev–Trinajstić information content (AvgIpc) is 2.75. The van der Waals surface area contributed by atoms with Crippen LogP contribution in [0.3, 0.4) is 0 Å². The second-order valence-electron chi connectivity index (χ2n) is 3.25. The van der Waals surface area contributed by atoms with Crippen LogP contribution in [0.4, 0.5) is 5.13 Å². The predicted molar refractivity (Wildman–Crippen MR) is 65.9 cm³/mol. The molecule has 0 aliphatic carbocycles. The van der Waals surface area contributed by atoms with E-state index in [9.17, 15) is 8.42 Å². The zero-order chi connectivity index (χ0) is 12.5. The van der Waals surface area contributed by atoms with E-state index in [-0.39, 0.29) is 5.03 Å². The summed E-state index contributed by atoms with van der Waals surface area (Å²) in [6, 6.07) is 0. The lowest BCUT2D eigenvalue weighted by Crippen LogP contribution is -2.23. The Kier molecular flexibility index (Phi) is 3.31. The molecule has 0 bridgehead atoms. The van der Waals surface area contributed by atoms with Crippen LogP contribution in [0.15, 0.2) is 11.2 Å². The first-order valence-electron chi connectivity index (χ1n) is 5.16. The summed E-state index contributed by atoms with van der Waals surface area (Å²) in [5, 5.41) is 7.94. The van der Waals surface area contributed by atoms with Crippen LogP contribution in [0.5, 0.6) is 0 Å². The summed E-state index contributed by atoms with van der Waals surface area (Å²) in [5.41, 5.74) is 0.